The third-order valence-corrected chi connectivity index (χ3v) is 4.37. The average Bonchev–Trinajstić information content (AvgIpc) is 2.41. The van der Waals surface area contributed by atoms with Crippen LogP contribution in [0.2, 0.25) is 10.0 Å². The van der Waals surface area contributed by atoms with Gasteiger partial charge in [-0.3, -0.25) is 4.79 Å². The number of aromatic nitrogens is 2. The molecule has 0 spiro atoms. The average molecular weight is 356 g/mol. The van der Waals surface area contributed by atoms with Gasteiger partial charge in [0.05, 0.1) is 5.75 Å². The second-order valence-electron chi connectivity index (χ2n) is 4.80. The molecule has 0 saturated carbocycles. The van der Waals surface area contributed by atoms with Gasteiger partial charge in [0.25, 0.3) is 0 Å². The number of nitrogens with zero attached hydrogens (tertiary/aromatic N) is 2. The molecule has 0 aliphatic rings. The van der Waals surface area contributed by atoms with Crippen LogP contribution in [0.4, 0.5) is 5.69 Å². The Kier molecular flexibility index (Phi) is 5.67. The fraction of sp³-hybridized carbons (Fsp3) is 0.267. The van der Waals surface area contributed by atoms with Crippen molar-refractivity contribution in [2.75, 3.05) is 11.1 Å². The van der Waals surface area contributed by atoms with Crippen LogP contribution in [-0.4, -0.2) is 21.6 Å². The van der Waals surface area contributed by atoms with Gasteiger partial charge in [0.1, 0.15) is 0 Å². The van der Waals surface area contributed by atoms with Crippen LogP contribution in [0, 0.1) is 20.8 Å². The Labute approximate surface area is 143 Å². The Balaban J connectivity index is 1.98. The van der Waals surface area contributed by atoms with Crippen LogP contribution in [0.25, 0.3) is 0 Å². The van der Waals surface area contributed by atoms with E-state index >= 15 is 0 Å². The molecule has 0 unspecified atom stereocenters. The smallest absolute Gasteiger partial charge is 0.234 e. The van der Waals surface area contributed by atoms with E-state index in [1.54, 1.807) is 18.2 Å². The number of halogens is 2. The Hall–Kier alpha value is -1.30. The highest BCUT2D eigenvalue weighted by Gasteiger charge is 2.09. The SMILES string of the molecule is Cc1nc(SCC(=O)Nc2cc(Cl)cc(Cl)c2)nc(C)c1C. The Morgan fingerprint density at radius 2 is 1.64 bits per heavy atom. The normalized spacial score (nSPS) is 10.6. The molecule has 0 bridgehead atoms. The highest BCUT2D eigenvalue weighted by Crippen LogP contribution is 2.23. The third-order valence-electron chi connectivity index (χ3n) is 3.09. The van der Waals surface area contributed by atoms with Crippen LogP contribution in [0.5, 0.6) is 0 Å². The van der Waals surface area contributed by atoms with Gasteiger partial charge in [-0.25, -0.2) is 9.97 Å². The number of hydrogen-bond acceptors (Lipinski definition) is 4. The molecule has 116 valence electrons. The number of thioether (sulfide) groups is 1. The monoisotopic (exact) mass is 355 g/mol. The van der Waals surface area contributed by atoms with Crippen LogP contribution in [0.1, 0.15) is 17.0 Å². The number of carbonyl (C=O) groups excluding carboxylic acids is 1. The number of hydrogen-bond donors (Lipinski definition) is 1. The van der Waals surface area contributed by atoms with Crippen LogP contribution in [0.3, 0.4) is 0 Å². The minimum Gasteiger partial charge on any atom is -0.325 e. The predicted octanol–water partition coefficient (Wildman–Crippen LogP) is 4.44. The molecule has 1 aromatic heterocycles. The first-order chi connectivity index (χ1) is 10.3. The summed E-state index contributed by atoms with van der Waals surface area (Å²) >= 11 is 13.1. The van der Waals surface area contributed by atoms with Gasteiger partial charge in [-0.2, -0.15) is 0 Å². The first kappa shape index (κ1) is 17.1. The van der Waals surface area contributed by atoms with Crippen molar-refractivity contribution >= 4 is 46.6 Å². The van der Waals surface area contributed by atoms with E-state index in [2.05, 4.69) is 15.3 Å². The van der Waals surface area contributed by atoms with Crippen LogP contribution < -0.4 is 5.32 Å². The molecule has 1 aromatic carbocycles. The quantitative estimate of drug-likeness (QED) is 0.650. The molecule has 0 radical (unpaired) electrons. The molecule has 0 atom stereocenters. The van der Waals surface area contributed by atoms with E-state index in [0.717, 1.165) is 17.0 Å². The fourth-order valence-electron chi connectivity index (χ4n) is 1.76. The highest BCUT2D eigenvalue weighted by molar-refractivity contribution is 7.99. The fourth-order valence-corrected chi connectivity index (χ4v) is 3.02. The van der Waals surface area contributed by atoms with Crippen molar-refractivity contribution in [3.05, 3.63) is 45.2 Å². The van der Waals surface area contributed by atoms with Gasteiger partial charge in [0, 0.05) is 27.1 Å². The van der Waals surface area contributed by atoms with Crippen molar-refractivity contribution in [2.45, 2.75) is 25.9 Å². The highest BCUT2D eigenvalue weighted by atomic mass is 35.5. The Morgan fingerprint density at radius 1 is 1.09 bits per heavy atom. The maximum Gasteiger partial charge on any atom is 0.234 e. The van der Waals surface area contributed by atoms with Crippen molar-refractivity contribution < 1.29 is 4.79 Å². The number of carbonyl (C=O) groups is 1. The van der Waals surface area contributed by atoms with Gasteiger partial charge in [0.15, 0.2) is 5.16 Å². The van der Waals surface area contributed by atoms with Crippen molar-refractivity contribution in [1.29, 1.82) is 0 Å². The van der Waals surface area contributed by atoms with E-state index in [0.29, 0.717) is 20.9 Å². The second-order valence-corrected chi connectivity index (χ2v) is 6.61. The lowest BCUT2D eigenvalue weighted by molar-refractivity contribution is -0.113. The summed E-state index contributed by atoms with van der Waals surface area (Å²) in [5.41, 5.74) is 3.50. The zero-order valence-corrected chi connectivity index (χ0v) is 14.7. The van der Waals surface area contributed by atoms with Crippen LogP contribution in [-0.2, 0) is 4.79 Å². The number of benzene rings is 1. The summed E-state index contributed by atoms with van der Waals surface area (Å²) in [6.45, 7) is 5.85. The number of anilines is 1. The van der Waals surface area contributed by atoms with Gasteiger partial charge in [-0.15, -0.1) is 0 Å². The topological polar surface area (TPSA) is 54.9 Å². The second kappa shape index (κ2) is 7.31. The largest absolute Gasteiger partial charge is 0.325 e. The molecule has 0 fully saturated rings. The molecule has 1 heterocycles. The van der Waals surface area contributed by atoms with Crippen LogP contribution >= 0.6 is 35.0 Å². The van der Waals surface area contributed by atoms with Crippen LogP contribution in [0.15, 0.2) is 23.4 Å². The van der Waals surface area contributed by atoms with Gasteiger partial charge in [-0.05, 0) is 44.5 Å². The van der Waals surface area contributed by atoms with E-state index < -0.39 is 0 Å². The lowest BCUT2D eigenvalue weighted by Gasteiger charge is -2.08. The maximum atomic E-state index is 12.0. The summed E-state index contributed by atoms with van der Waals surface area (Å²) < 4.78 is 0. The lowest BCUT2D eigenvalue weighted by atomic mass is 10.2. The third kappa shape index (κ3) is 4.60. The van der Waals surface area contributed by atoms with Crippen molar-refractivity contribution in [3.8, 4) is 0 Å². The van der Waals surface area contributed by atoms with E-state index in [4.69, 9.17) is 23.2 Å². The number of nitrogens with one attached hydrogen (secondary N) is 1. The molecule has 0 aliphatic heterocycles. The summed E-state index contributed by atoms with van der Waals surface area (Å²) in [7, 11) is 0. The molecule has 1 N–H and O–H groups in total. The first-order valence-electron chi connectivity index (χ1n) is 6.55. The number of aryl methyl sites for hydroxylation is 2. The molecule has 2 aromatic rings. The van der Waals surface area contributed by atoms with E-state index in [1.165, 1.54) is 11.8 Å². The molecule has 22 heavy (non-hydrogen) atoms. The number of amides is 1. The molecule has 0 aliphatic carbocycles. The minimum atomic E-state index is -0.164. The summed E-state index contributed by atoms with van der Waals surface area (Å²) in [4.78, 5) is 20.7. The summed E-state index contributed by atoms with van der Waals surface area (Å²) in [5, 5.41) is 4.30. The number of rotatable bonds is 4. The lowest BCUT2D eigenvalue weighted by Crippen LogP contribution is -2.14. The molecular formula is C15H15Cl2N3OS. The minimum absolute atomic E-state index is 0.164. The van der Waals surface area contributed by atoms with Gasteiger partial charge >= 0.3 is 0 Å². The zero-order chi connectivity index (χ0) is 16.3. The van der Waals surface area contributed by atoms with Gasteiger partial charge < -0.3 is 5.32 Å². The molecule has 4 nitrogen and oxygen atoms in total. The summed E-state index contributed by atoms with van der Waals surface area (Å²) in [6, 6.07) is 4.90. The van der Waals surface area contributed by atoms with Gasteiger partial charge in [-0.1, -0.05) is 35.0 Å². The van der Waals surface area contributed by atoms with E-state index in [-0.39, 0.29) is 11.7 Å². The van der Waals surface area contributed by atoms with Crippen molar-refractivity contribution in [2.24, 2.45) is 0 Å². The summed E-state index contributed by atoms with van der Waals surface area (Å²) in [5.74, 6) is 0.0503. The first-order valence-corrected chi connectivity index (χ1v) is 8.30. The zero-order valence-electron chi connectivity index (χ0n) is 12.4. The molecule has 1 amide bonds. The van der Waals surface area contributed by atoms with Crippen molar-refractivity contribution in [1.82, 2.24) is 9.97 Å². The Bertz CT molecular complexity index is 679. The van der Waals surface area contributed by atoms with E-state index in [1.807, 2.05) is 20.8 Å². The van der Waals surface area contributed by atoms with E-state index in [9.17, 15) is 4.79 Å². The summed E-state index contributed by atoms with van der Waals surface area (Å²) in [6.07, 6.45) is 0. The molecular weight excluding hydrogens is 341 g/mol. The maximum absolute atomic E-state index is 12.0. The van der Waals surface area contributed by atoms with Crippen molar-refractivity contribution in [3.63, 3.8) is 0 Å². The molecule has 0 saturated heterocycles. The van der Waals surface area contributed by atoms with Gasteiger partial charge in [0.2, 0.25) is 5.91 Å². The Morgan fingerprint density at radius 3 is 2.18 bits per heavy atom. The molecule has 7 heteroatoms. The predicted molar refractivity (Wildman–Crippen MR) is 92.1 cm³/mol. The molecule has 2 rings (SSSR count). The standard InChI is InChI=1S/C15H15Cl2N3OS/c1-8-9(2)18-15(19-10(8)3)22-7-14(21)20-13-5-11(16)4-12(17)6-13/h4-6H,7H2,1-3H3,(H,20,21).